The van der Waals surface area contributed by atoms with Crippen LogP contribution in [0.4, 0.5) is 0 Å². The minimum atomic E-state index is 0.486. The van der Waals surface area contributed by atoms with E-state index >= 15 is 0 Å². The minimum absolute atomic E-state index is 0.486. The van der Waals surface area contributed by atoms with Gasteiger partial charge in [-0.15, -0.1) is 11.3 Å². The molecule has 2 aromatic rings. The Bertz CT molecular complexity index is 580. The molecule has 2 rings (SSSR count). The number of nitrogens with one attached hydrogen (secondary N) is 1. The molecule has 1 N–H and O–H groups in total. The van der Waals surface area contributed by atoms with Crippen molar-refractivity contribution in [2.24, 2.45) is 0 Å². The van der Waals surface area contributed by atoms with Gasteiger partial charge in [0, 0.05) is 30.3 Å². The van der Waals surface area contributed by atoms with Crippen molar-refractivity contribution in [3.63, 3.8) is 0 Å². The standard InChI is InChI=1S/C17H21Br2NS/c1-3-5-15(20-10-4-2)17-9-8-16(21-17)13-11-12(18)6-7-14(13)19/h6-9,11,15,20H,3-5,10H2,1-2H3. The third-order valence-corrected chi connectivity index (χ3v) is 5.80. The Morgan fingerprint density at radius 2 is 1.90 bits per heavy atom. The fraction of sp³-hybridized carbons (Fsp3) is 0.412. The van der Waals surface area contributed by atoms with E-state index < -0.39 is 0 Å². The quantitative estimate of drug-likeness (QED) is 0.510. The fourth-order valence-electron chi connectivity index (χ4n) is 2.32. The van der Waals surface area contributed by atoms with Crippen molar-refractivity contribution in [1.29, 1.82) is 0 Å². The predicted octanol–water partition coefficient (Wildman–Crippen LogP) is 6.78. The third kappa shape index (κ3) is 4.65. The molecule has 4 heteroatoms. The number of hydrogen-bond acceptors (Lipinski definition) is 2. The Hall–Kier alpha value is -0.160. The summed E-state index contributed by atoms with van der Waals surface area (Å²) < 4.78 is 2.26. The lowest BCUT2D eigenvalue weighted by molar-refractivity contribution is 0.501. The molecule has 21 heavy (non-hydrogen) atoms. The van der Waals surface area contributed by atoms with Crippen molar-refractivity contribution in [2.45, 2.75) is 39.2 Å². The number of hydrogen-bond donors (Lipinski definition) is 1. The number of benzene rings is 1. The van der Waals surface area contributed by atoms with Crippen molar-refractivity contribution in [3.8, 4) is 10.4 Å². The molecule has 1 aromatic carbocycles. The zero-order valence-electron chi connectivity index (χ0n) is 12.5. The van der Waals surface area contributed by atoms with Crippen LogP contribution in [0.1, 0.15) is 44.0 Å². The second-order valence-corrected chi connectivity index (χ2v) is 8.01. The van der Waals surface area contributed by atoms with Gasteiger partial charge in [0.25, 0.3) is 0 Å². The molecular formula is C17H21Br2NS. The summed E-state index contributed by atoms with van der Waals surface area (Å²) in [5, 5.41) is 3.67. The lowest BCUT2D eigenvalue weighted by Crippen LogP contribution is -2.21. The number of rotatable bonds is 7. The maximum absolute atomic E-state index is 3.67. The van der Waals surface area contributed by atoms with Crippen molar-refractivity contribution < 1.29 is 0 Å². The van der Waals surface area contributed by atoms with Crippen LogP contribution in [0.5, 0.6) is 0 Å². The highest BCUT2D eigenvalue weighted by atomic mass is 79.9. The summed E-state index contributed by atoms with van der Waals surface area (Å²) in [6.07, 6.45) is 3.57. The average Bonchev–Trinajstić information content (AvgIpc) is 2.95. The molecule has 0 aliphatic heterocycles. The minimum Gasteiger partial charge on any atom is -0.309 e. The molecular weight excluding hydrogens is 410 g/mol. The van der Waals surface area contributed by atoms with Crippen molar-refractivity contribution in [2.75, 3.05) is 6.54 Å². The van der Waals surface area contributed by atoms with Gasteiger partial charge in [-0.25, -0.2) is 0 Å². The summed E-state index contributed by atoms with van der Waals surface area (Å²) >= 11 is 9.11. The van der Waals surface area contributed by atoms with E-state index in [9.17, 15) is 0 Å². The van der Waals surface area contributed by atoms with Crippen LogP contribution in [0.3, 0.4) is 0 Å². The van der Waals surface area contributed by atoms with E-state index in [4.69, 9.17) is 0 Å². The Labute approximate surface area is 148 Å². The molecule has 114 valence electrons. The van der Waals surface area contributed by atoms with E-state index in [1.165, 1.54) is 34.6 Å². The van der Waals surface area contributed by atoms with Crippen LogP contribution < -0.4 is 5.32 Å². The van der Waals surface area contributed by atoms with Crippen molar-refractivity contribution >= 4 is 43.2 Å². The van der Waals surface area contributed by atoms with Gasteiger partial charge in [0.15, 0.2) is 0 Å². The zero-order chi connectivity index (χ0) is 15.2. The average molecular weight is 431 g/mol. The third-order valence-electron chi connectivity index (χ3n) is 3.38. The van der Waals surface area contributed by atoms with Gasteiger partial charge in [-0.05, 0) is 49.7 Å². The Balaban J connectivity index is 2.24. The Kier molecular flexibility index (Phi) is 6.93. The Morgan fingerprint density at radius 3 is 2.62 bits per heavy atom. The second-order valence-electron chi connectivity index (χ2n) is 5.12. The molecule has 0 amide bonds. The van der Waals surface area contributed by atoms with Crippen LogP contribution >= 0.6 is 43.2 Å². The highest BCUT2D eigenvalue weighted by molar-refractivity contribution is 9.11. The molecule has 0 saturated carbocycles. The summed E-state index contributed by atoms with van der Waals surface area (Å²) in [6, 6.07) is 11.3. The molecule has 0 bridgehead atoms. The number of thiophene rings is 1. The van der Waals surface area contributed by atoms with E-state index in [1.54, 1.807) is 0 Å². The topological polar surface area (TPSA) is 12.0 Å². The summed E-state index contributed by atoms with van der Waals surface area (Å²) in [4.78, 5) is 2.75. The van der Waals surface area contributed by atoms with E-state index in [0.717, 1.165) is 15.5 Å². The fourth-order valence-corrected chi connectivity index (χ4v) is 4.42. The van der Waals surface area contributed by atoms with Crippen LogP contribution in [0, 0.1) is 0 Å². The van der Waals surface area contributed by atoms with E-state index in [2.05, 4.69) is 81.4 Å². The SMILES string of the molecule is CCCNC(CCC)c1ccc(-c2cc(Br)ccc2Br)s1. The highest BCUT2D eigenvalue weighted by Crippen LogP contribution is 2.37. The normalized spacial score (nSPS) is 12.6. The van der Waals surface area contributed by atoms with Gasteiger partial charge >= 0.3 is 0 Å². The first kappa shape index (κ1) is 17.2. The van der Waals surface area contributed by atoms with Crippen LogP contribution in [-0.4, -0.2) is 6.54 Å². The van der Waals surface area contributed by atoms with Gasteiger partial charge in [-0.3, -0.25) is 0 Å². The molecule has 0 radical (unpaired) electrons. The van der Waals surface area contributed by atoms with Crippen LogP contribution in [-0.2, 0) is 0 Å². The van der Waals surface area contributed by atoms with Gasteiger partial charge in [0.1, 0.15) is 0 Å². The van der Waals surface area contributed by atoms with E-state index in [0.29, 0.717) is 6.04 Å². The molecule has 0 aliphatic rings. The summed E-state index contributed by atoms with van der Waals surface area (Å²) in [5.74, 6) is 0. The molecule has 0 aliphatic carbocycles. The summed E-state index contributed by atoms with van der Waals surface area (Å²) in [7, 11) is 0. The molecule has 1 unspecified atom stereocenters. The molecule has 1 aromatic heterocycles. The zero-order valence-corrected chi connectivity index (χ0v) is 16.4. The van der Waals surface area contributed by atoms with E-state index in [1.807, 2.05) is 11.3 Å². The first-order chi connectivity index (χ1) is 10.2. The first-order valence-corrected chi connectivity index (χ1v) is 9.84. The molecule has 0 spiro atoms. The van der Waals surface area contributed by atoms with E-state index in [-0.39, 0.29) is 0 Å². The van der Waals surface area contributed by atoms with Gasteiger partial charge in [0.2, 0.25) is 0 Å². The predicted molar refractivity (Wildman–Crippen MR) is 101 cm³/mol. The second kappa shape index (κ2) is 8.47. The van der Waals surface area contributed by atoms with Crippen LogP contribution in [0.15, 0.2) is 39.3 Å². The van der Waals surface area contributed by atoms with Crippen molar-refractivity contribution in [3.05, 3.63) is 44.2 Å². The van der Waals surface area contributed by atoms with Crippen LogP contribution in [0.2, 0.25) is 0 Å². The largest absolute Gasteiger partial charge is 0.309 e. The smallest absolute Gasteiger partial charge is 0.0414 e. The molecule has 0 fully saturated rings. The van der Waals surface area contributed by atoms with Gasteiger partial charge in [0.05, 0.1) is 0 Å². The lowest BCUT2D eigenvalue weighted by atomic mass is 10.1. The summed E-state index contributed by atoms with van der Waals surface area (Å²) in [6.45, 7) is 5.55. The molecule has 1 nitrogen and oxygen atoms in total. The lowest BCUT2D eigenvalue weighted by Gasteiger charge is -2.16. The van der Waals surface area contributed by atoms with Crippen LogP contribution in [0.25, 0.3) is 10.4 Å². The molecule has 1 heterocycles. The maximum atomic E-state index is 3.67. The Morgan fingerprint density at radius 1 is 1.10 bits per heavy atom. The number of halogens is 2. The highest BCUT2D eigenvalue weighted by Gasteiger charge is 2.14. The summed E-state index contributed by atoms with van der Waals surface area (Å²) in [5.41, 5.74) is 1.26. The monoisotopic (exact) mass is 429 g/mol. The first-order valence-electron chi connectivity index (χ1n) is 7.44. The van der Waals surface area contributed by atoms with Gasteiger partial charge < -0.3 is 5.32 Å². The molecule has 1 atom stereocenters. The van der Waals surface area contributed by atoms with Crippen molar-refractivity contribution in [1.82, 2.24) is 5.32 Å². The maximum Gasteiger partial charge on any atom is 0.0414 e. The van der Waals surface area contributed by atoms with Gasteiger partial charge in [-0.2, -0.15) is 0 Å². The van der Waals surface area contributed by atoms with Gasteiger partial charge in [-0.1, -0.05) is 52.1 Å². The molecule has 0 saturated heterocycles.